The van der Waals surface area contributed by atoms with Gasteiger partial charge in [0.25, 0.3) is 0 Å². The molecule has 0 spiro atoms. The first-order chi connectivity index (χ1) is 9.28. The van der Waals surface area contributed by atoms with Gasteiger partial charge in [-0.3, -0.25) is 0 Å². The van der Waals surface area contributed by atoms with E-state index in [-0.39, 0.29) is 0 Å². The van der Waals surface area contributed by atoms with E-state index < -0.39 is 0 Å². The van der Waals surface area contributed by atoms with Gasteiger partial charge in [0.05, 0.1) is 19.6 Å². The molecule has 2 rings (SSSR count). The molecule has 0 amide bonds. The molecule has 0 atom stereocenters. The molecule has 0 saturated heterocycles. The highest BCUT2D eigenvalue weighted by Gasteiger charge is 2.31. The van der Waals surface area contributed by atoms with Crippen molar-refractivity contribution in [1.29, 1.82) is 5.26 Å². The average molecular weight is 262 g/mol. The zero-order valence-electron chi connectivity index (χ0n) is 11.3. The molecule has 1 aliphatic rings. The molecular formula is C12H18N6O. The smallest absolute Gasteiger partial charge is 0.322 e. The Morgan fingerprint density at radius 3 is 2.79 bits per heavy atom. The second kappa shape index (κ2) is 6.18. The van der Waals surface area contributed by atoms with E-state index in [1.54, 1.807) is 0 Å². The lowest BCUT2D eigenvalue weighted by atomic mass is 10.4. The van der Waals surface area contributed by atoms with E-state index in [1.807, 2.05) is 6.92 Å². The molecule has 0 aliphatic heterocycles. The van der Waals surface area contributed by atoms with Crippen LogP contribution in [0.3, 0.4) is 0 Å². The van der Waals surface area contributed by atoms with Gasteiger partial charge in [-0.25, -0.2) is 0 Å². The van der Waals surface area contributed by atoms with Crippen molar-refractivity contribution in [3.63, 3.8) is 0 Å². The Hall–Kier alpha value is -2.10. The van der Waals surface area contributed by atoms with Crippen molar-refractivity contribution < 1.29 is 4.74 Å². The van der Waals surface area contributed by atoms with Crippen molar-refractivity contribution >= 4 is 11.9 Å². The van der Waals surface area contributed by atoms with Crippen LogP contribution in [0.15, 0.2) is 0 Å². The summed E-state index contributed by atoms with van der Waals surface area (Å²) in [6, 6.07) is 2.89. The lowest BCUT2D eigenvalue weighted by Crippen LogP contribution is -2.29. The van der Waals surface area contributed by atoms with Gasteiger partial charge < -0.3 is 15.0 Å². The summed E-state index contributed by atoms with van der Waals surface area (Å²) in [5.41, 5.74) is 0. The second-order valence-corrected chi connectivity index (χ2v) is 4.31. The van der Waals surface area contributed by atoms with Gasteiger partial charge in [0.15, 0.2) is 0 Å². The number of rotatable bonds is 7. The van der Waals surface area contributed by atoms with Crippen LogP contribution in [0.5, 0.6) is 6.01 Å². The first-order valence-electron chi connectivity index (χ1n) is 6.46. The van der Waals surface area contributed by atoms with Gasteiger partial charge in [0, 0.05) is 19.1 Å². The van der Waals surface area contributed by atoms with Crippen molar-refractivity contribution in [2.75, 3.05) is 30.4 Å². The number of nitriles is 1. The first kappa shape index (κ1) is 13.3. The molecule has 0 bridgehead atoms. The predicted octanol–water partition coefficient (Wildman–Crippen LogP) is 1.19. The summed E-state index contributed by atoms with van der Waals surface area (Å²) >= 11 is 0. The Labute approximate surface area is 112 Å². The fourth-order valence-corrected chi connectivity index (χ4v) is 1.81. The van der Waals surface area contributed by atoms with E-state index >= 15 is 0 Å². The van der Waals surface area contributed by atoms with E-state index in [0.717, 1.165) is 19.4 Å². The Morgan fingerprint density at radius 2 is 2.21 bits per heavy atom. The first-order valence-corrected chi connectivity index (χ1v) is 6.46. The van der Waals surface area contributed by atoms with Crippen LogP contribution in [0.1, 0.15) is 26.2 Å². The minimum absolute atomic E-state index is 0.295. The topological polar surface area (TPSA) is 87.0 Å². The van der Waals surface area contributed by atoms with E-state index in [9.17, 15) is 0 Å². The van der Waals surface area contributed by atoms with Crippen molar-refractivity contribution in [3.05, 3.63) is 0 Å². The van der Waals surface area contributed by atoms with Gasteiger partial charge in [0.2, 0.25) is 11.9 Å². The number of nitrogens with zero attached hydrogens (tertiary/aromatic N) is 5. The Balaban J connectivity index is 2.24. The number of hydrogen-bond donors (Lipinski definition) is 1. The number of ether oxygens (including phenoxy) is 1. The summed E-state index contributed by atoms with van der Waals surface area (Å²) in [5.74, 6) is 1.09. The number of anilines is 2. The summed E-state index contributed by atoms with van der Waals surface area (Å²) in [6.45, 7) is 3.35. The highest BCUT2D eigenvalue weighted by molar-refractivity contribution is 5.40. The van der Waals surface area contributed by atoms with Crippen molar-refractivity contribution in [1.82, 2.24) is 15.0 Å². The minimum Gasteiger partial charge on any atom is -0.467 e. The fourth-order valence-electron chi connectivity index (χ4n) is 1.81. The van der Waals surface area contributed by atoms with Crippen molar-refractivity contribution in [2.24, 2.45) is 0 Å². The van der Waals surface area contributed by atoms with Gasteiger partial charge in [-0.05, 0) is 19.8 Å². The number of methoxy groups -OCH3 is 1. The zero-order valence-corrected chi connectivity index (χ0v) is 11.3. The largest absolute Gasteiger partial charge is 0.467 e. The van der Waals surface area contributed by atoms with Crippen LogP contribution in [0, 0.1) is 11.3 Å². The highest BCUT2D eigenvalue weighted by atomic mass is 16.5. The van der Waals surface area contributed by atoms with E-state index in [2.05, 4.69) is 31.2 Å². The van der Waals surface area contributed by atoms with Gasteiger partial charge in [-0.2, -0.15) is 20.2 Å². The number of hydrogen-bond acceptors (Lipinski definition) is 7. The molecule has 0 unspecified atom stereocenters. The maximum Gasteiger partial charge on any atom is 0.322 e. The summed E-state index contributed by atoms with van der Waals surface area (Å²) in [4.78, 5) is 14.9. The number of aromatic nitrogens is 3. The van der Waals surface area contributed by atoms with Crippen LogP contribution in [-0.4, -0.2) is 41.2 Å². The van der Waals surface area contributed by atoms with E-state index in [0.29, 0.717) is 36.9 Å². The van der Waals surface area contributed by atoms with Crippen LogP contribution in [0.25, 0.3) is 0 Å². The summed E-state index contributed by atoms with van der Waals surface area (Å²) in [7, 11) is 1.53. The van der Waals surface area contributed by atoms with Crippen LogP contribution in [0.4, 0.5) is 11.9 Å². The molecule has 1 saturated carbocycles. The molecule has 0 aromatic carbocycles. The molecule has 0 radical (unpaired) electrons. The second-order valence-electron chi connectivity index (χ2n) is 4.31. The minimum atomic E-state index is 0.295. The van der Waals surface area contributed by atoms with E-state index in [4.69, 9.17) is 10.00 Å². The van der Waals surface area contributed by atoms with Gasteiger partial charge in [-0.15, -0.1) is 0 Å². The van der Waals surface area contributed by atoms with E-state index in [1.165, 1.54) is 7.11 Å². The van der Waals surface area contributed by atoms with Gasteiger partial charge in [-0.1, -0.05) is 0 Å². The van der Waals surface area contributed by atoms with Crippen LogP contribution < -0.4 is 15.0 Å². The third-order valence-corrected chi connectivity index (χ3v) is 2.83. The molecule has 1 heterocycles. The summed E-state index contributed by atoms with van der Waals surface area (Å²) in [6.07, 6.45) is 2.70. The normalized spacial score (nSPS) is 13.7. The maximum absolute atomic E-state index is 8.74. The molecule has 1 aromatic heterocycles. The Kier molecular flexibility index (Phi) is 4.34. The third-order valence-electron chi connectivity index (χ3n) is 2.83. The van der Waals surface area contributed by atoms with Crippen molar-refractivity contribution in [2.45, 2.75) is 32.2 Å². The van der Waals surface area contributed by atoms with Crippen LogP contribution >= 0.6 is 0 Å². The lowest BCUT2D eigenvalue weighted by Gasteiger charge is -2.21. The predicted molar refractivity (Wildman–Crippen MR) is 71.1 cm³/mol. The summed E-state index contributed by atoms with van der Waals surface area (Å²) < 4.78 is 5.10. The molecule has 1 N–H and O–H groups in total. The SMILES string of the molecule is CCNc1nc(OC)nc(N(CCC#N)C2CC2)n1. The average Bonchev–Trinajstić information content (AvgIpc) is 3.24. The molecule has 19 heavy (non-hydrogen) atoms. The third kappa shape index (κ3) is 3.44. The molecule has 1 aromatic rings. The maximum atomic E-state index is 8.74. The van der Waals surface area contributed by atoms with Crippen LogP contribution in [-0.2, 0) is 0 Å². The molecule has 1 fully saturated rings. The Morgan fingerprint density at radius 1 is 1.42 bits per heavy atom. The standard InChI is InChI=1S/C12H18N6O/c1-3-14-10-15-11(17-12(16-10)19-2)18(8-4-7-13)9-5-6-9/h9H,3-6,8H2,1-2H3,(H,14,15,16,17). The quantitative estimate of drug-likeness (QED) is 0.789. The fraction of sp³-hybridized carbons (Fsp3) is 0.667. The zero-order chi connectivity index (χ0) is 13.7. The highest BCUT2D eigenvalue weighted by Crippen LogP contribution is 2.30. The molecular weight excluding hydrogens is 244 g/mol. The van der Waals surface area contributed by atoms with Crippen molar-refractivity contribution in [3.8, 4) is 12.1 Å². The van der Waals surface area contributed by atoms with Gasteiger partial charge >= 0.3 is 6.01 Å². The lowest BCUT2D eigenvalue weighted by molar-refractivity contribution is 0.378. The molecule has 7 nitrogen and oxygen atoms in total. The molecule has 7 heteroatoms. The summed E-state index contributed by atoms with van der Waals surface area (Å²) in [5, 5.41) is 11.8. The molecule has 1 aliphatic carbocycles. The number of nitrogens with one attached hydrogen (secondary N) is 1. The Bertz CT molecular complexity index is 468. The monoisotopic (exact) mass is 262 g/mol. The van der Waals surface area contributed by atoms with Gasteiger partial charge in [0.1, 0.15) is 0 Å². The molecule has 102 valence electrons. The van der Waals surface area contributed by atoms with Crippen LogP contribution in [0.2, 0.25) is 0 Å².